The van der Waals surface area contributed by atoms with Crippen LogP contribution in [-0.4, -0.2) is 36.5 Å². The number of benzene rings is 1. The van der Waals surface area contributed by atoms with Crippen LogP contribution in [0.5, 0.6) is 0 Å². The minimum Gasteiger partial charge on any atom is -0.344 e. The van der Waals surface area contributed by atoms with Crippen molar-refractivity contribution >= 4 is 23.5 Å². The van der Waals surface area contributed by atoms with Gasteiger partial charge >= 0.3 is 6.03 Å². The predicted molar refractivity (Wildman–Crippen MR) is 84.8 cm³/mol. The molecule has 2 aliphatic rings. The predicted octanol–water partition coefficient (Wildman–Crippen LogP) is 2.25. The largest absolute Gasteiger partial charge is 0.344 e. The van der Waals surface area contributed by atoms with Crippen LogP contribution in [0.15, 0.2) is 18.2 Å². The monoisotopic (exact) mass is 321 g/mol. The molecule has 0 radical (unpaired) electrons. The number of carbonyl (C=O) groups is 2. The van der Waals surface area contributed by atoms with Crippen LogP contribution in [-0.2, 0) is 11.2 Å². The summed E-state index contributed by atoms with van der Waals surface area (Å²) in [7, 11) is 1.77. The molecule has 22 heavy (non-hydrogen) atoms. The number of carbonyl (C=O) groups excluding carboxylic acids is 2. The Morgan fingerprint density at radius 2 is 2.09 bits per heavy atom. The highest BCUT2D eigenvalue weighted by molar-refractivity contribution is 6.30. The molecule has 2 atom stereocenters. The third kappa shape index (κ3) is 3.19. The first-order valence-electron chi connectivity index (χ1n) is 7.62. The van der Waals surface area contributed by atoms with E-state index >= 15 is 0 Å². The van der Waals surface area contributed by atoms with Gasteiger partial charge in [-0.2, -0.15) is 0 Å². The molecular weight excluding hydrogens is 302 g/mol. The van der Waals surface area contributed by atoms with Crippen LogP contribution >= 0.6 is 11.6 Å². The molecule has 2 unspecified atom stereocenters. The van der Waals surface area contributed by atoms with E-state index in [9.17, 15) is 9.59 Å². The number of hydrogen-bond donors (Lipinski definition) is 2. The highest BCUT2D eigenvalue weighted by atomic mass is 35.5. The highest BCUT2D eigenvalue weighted by Gasteiger charge is 2.27. The van der Waals surface area contributed by atoms with Crippen LogP contribution in [0.1, 0.15) is 36.4 Å². The zero-order chi connectivity index (χ0) is 15.7. The summed E-state index contributed by atoms with van der Waals surface area (Å²) >= 11 is 6.00. The van der Waals surface area contributed by atoms with Crippen molar-refractivity contribution in [2.45, 2.75) is 37.8 Å². The van der Waals surface area contributed by atoms with Crippen LogP contribution < -0.4 is 10.6 Å². The van der Waals surface area contributed by atoms with E-state index in [-0.39, 0.29) is 24.0 Å². The molecule has 1 fully saturated rings. The fourth-order valence-corrected chi connectivity index (χ4v) is 3.45. The Labute approximate surface area is 135 Å². The van der Waals surface area contributed by atoms with Crippen LogP contribution in [0.4, 0.5) is 4.79 Å². The second-order valence-electron chi connectivity index (χ2n) is 6.06. The van der Waals surface area contributed by atoms with Crippen molar-refractivity contribution in [1.29, 1.82) is 0 Å². The van der Waals surface area contributed by atoms with Gasteiger partial charge in [-0.05, 0) is 42.5 Å². The van der Waals surface area contributed by atoms with Crippen molar-refractivity contribution in [3.05, 3.63) is 34.3 Å². The van der Waals surface area contributed by atoms with Crippen LogP contribution in [0.3, 0.4) is 0 Å². The molecule has 118 valence electrons. The maximum absolute atomic E-state index is 12.2. The number of urea groups is 1. The molecule has 2 N–H and O–H groups in total. The number of rotatable bonds is 2. The molecule has 1 aromatic carbocycles. The summed E-state index contributed by atoms with van der Waals surface area (Å²) in [4.78, 5) is 25.3. The van der Waals surface area contributed by atoms with Gasteiger partial charge in [0.2, 0.25) is 5.91 Å². The van der Waals surface area contributed by atoms with Gasteiger partial charge < -0.3 is 15.5 Å². The maximum Gasteiger partial charge on any atom is 0.315 e. The van der Waals surface area contributed by atoms with Gasteiger partial charge in [-0.1, -0.05) is 17.7 Å². The Morgan fingerprint density at radius 1 is 1.27 bits per heavy atom. The van der Waals surface area contributed by atoms with E-state index < -0.39 is 0 Å². The standard InChI is InChI=1S/C16H20ClN3O2/c1-20-9-12(4-7-15(20)21)18-16(22)19-14-6-2-10-8-11(17)3-5-13(10)14/h3,5,8,12,14H,2,4,6-7,9H2,1H3,(H2,18,19,22). The first-order valence-corrected chi connectivity index (χ1v) is 8.00. The van der Waals surface area contributed by atoms with Gasteiger partial charge in [0.1, 0.15) is 0 Å². The van der Waals surface area contributed by atoms with Gasteiger partial charge in [0.15, 0.2) is 0 Å². The molecule has 1 aromatic rings. The zero-order valence-corrected chi connectivity index (χ0v) is 13.3. The van der Waals surface area contributed by atoms with Crippen LogP contribution in [0.2, 0.25) is 5.02 Å². The van der Waals surface area contributed by atoms with Crippen molar-refractivity contribution in [3.8, 4) is 0 Å². The smallest absolute Gasteiger partial charge is 0.315 e. The molecule has 1 aliphatic heterocycles. The van der Waals surface area contributed by atoms with Crippen LogP contribution in [0.25, 0.3) is 0 Å². The van der Waals surface area contributed by atoms with Gasteiger partial charge in [0.05, 0.1) is 6.04 Å². The molecule has 0 saturated carbocycles. The normalized spacial score (nSPS) is 24.1. The maximum atomic E-state index is 12.2. The second kappa shape index (κ2) is 6.16. The molecule has 3 rings (SSSR count). The summed E-state index contributed by atoms with van der Waals surface area (Å²) < 4.78 is 0. The quantitative estimate of drug-likeness (QED) is 0.877. The molecule has 0 bridgehead atoms. The lowest BCUT2D eigenvalue weighted by Crippen LogP contribution is -2.51. The van der Waals surface area contributed by atoms with Crippen molar-refractivity contribution in [1.82, 2.24) is 15.5 Å². The fraction of sp³-hybridized carbons (Fsp3) is 0.500. The van der Waals surface area contributed by atoms with Crippen molar-refractivity contribution in [3.63, 3.8) is 0 Å². The molecule has 1 saturated heterocycles. The first kappa shape index (κ1) is 15.2. The lowest BCUT2D eigenvalue weighted by Gasteiger charge is -2.30. The highest BCUT2D eigenvalue weighted by Crippen LogP contribution is 2.32. The van der Waals surface area contributed by atoms with Gasteiger partial charge in [0.25, 0.3) is 0 Å². The third-order valence-corrected chi connectivity index (χ3v) is 4.69. The summed E-state index contributed by atoms with van der Waals surface area (Å²) in [5.41, 5.74) is 2.36. The number of nitrogens with one attached hydrogen (secondary N) is 2. The molecule has 3 amide bonds. The second-order valence-corrected chi connectivity index (χ2v) is 6.50. The summed E-state index contributed by atoms with van der Waals surface area (Å²) in [6, 6.07) is 5.71. The summed E-state index contributed by atoms with van der Waals surface area (Å²) in [5, 5.41) is 6.74. The number of piperidine rings is 1. The van der Waals surface area contributed by atoms with E-state index in [0.29, 0.717) is 19.4 Å². The van der Waals surface area contributed by atoms with E-state index in [1.54, 1.807) is 11.9 Å². The molecule has 5 nitrogen and oxygen atoms in total. The Morgan fingerprint density at radius 3 is 2.86 bits per heavy atom. The van der Waals surface area contributed by atoms with Gasteiger partial charge in [-0.3, -0.25) is 4.79 Å². The molecule has 0 aromatic heterocycles. The zero-order valence-electron chi connectivity index (χ0n) is 12.6. The lowest BCUT2D eigenvalue weighted by molar-refractivity contribution is -0.132. The topological polar surface area (TPSA) is 61.4 Å². The van der Waals surface area contributed by atoms with Crippen molar-refractivity contribution in [2.75, 3.05) is 13.6 Å². The molecule has 0 spiro atoms. The number of aryl methyl sites for hydroxylation is 1. The number of amides is 3. The summed E-state index contributed by atoms with van der Waals surface area (Å²) in [5.74, 6) is 0.139. The summed E-state index contributed by atoms with van der Waals surface area (Å²) in [6.45, 7) is 0.573. The Balaban J connectivity index is 1.56. The number of hydrogen-bond acceptors (Lipinski definition) is 2. The average molecular weight is 322 g/mol. The van der Waals surface area contributed by atoms with Crippen molar-refractivity contribution < 1.29 is 9.59 Å². The van der Waals surface area contributed by atoms with E-state index in [1.165, 1.54) is 5.56 Å². The average Bonchev–Trinajstić information content (AvgIpc) is 2.85. The molecule has 1 heterocycles. The first-order chi connectivity index (χ1) is 10.5. The molecule has 1 aliphatic carbocycles. The lowest BCUT2D eigenvalue weighted by atomic mass is 10.1. The number of likely N-dealkylation sites (tertiary alicyclic amines) is 1. The minimum absolute atomic E-state index is 0.0220. The van der Waals surface area contributed by atoms with Crippen molar-refractivity contribution in [2.24, 2.45) is 0 Å². The Bertz CT molecular complexity index is 605. The Hall–Kier alpha value is -1.75. The fourth-order valence-electron chi connectivity index (χ4n) is 3.25. The minimum atomic E-state index is -0.166. The molecular formula is C16H20ClN3O2. The number of fused-ring (bicyclic) bond motifs is 1. The van der Waals surface area contributed by atoms with E-state index in [1.807, 2.05) is 18.2 Å². The van der Waals surface area contributed by atoms with E-state index in [0.717, 1.165) is 23.4 Å². The van der Waals surface area contributed by atoms with Gasteiger partial charge in [-0.15, -0.1) is 0 Å². The number of likely N-dealkylation sites (N-methyl/N-ethyl adjacent to an activating group) is 1. The van der Waals surface area contributed by atoms with Gasteiger partial charge in [0, 0.05) is 31.1 Å². The van der Waals surface area contributed by atoms with Crippen LogP contribution in [0, 0.1) is 0 Å². The Kier molecular flexibility index (Phi) is 4.25. The van der Waals surface area contributed by atoms with Gasteiger partial charge in [-0.25, -0.2) is 4.79 Å². The number of halogens is 1. The van der Waals surface area contributed by atoms with E-state index in [2.05, 4.69) is 10.6 Å². The SMILES string of the molecule is CN1CC(NC(=O)NC2CCc3cc(Cl)ccc32)CCC1=O. The third-order valence-electron chi connectivity index (χ3n) is 4.45. The summed E-state index contributed by atoms with van der Waals surface area (Å²) in [6.07, 6.45) is 3.02. The number of nitrogens with zero attached hydrogens (tertiary/aromatic N) is 1. The molecule has 6 heteroatoms. The van der Waals surface area contributed by atoms with E-state index in [4.69, 9.17) is 11.6 Å².